The van der Waals surface area contributed by atoms with Gasteiger partial charge in [-0.1, -0.05) is 6.07 Å². The fourth-order valence-corrected chi connectivity index (χ4v) is 2.60. The minimum atomic E-state index is 0.0988. The monoisotopic (exact) mass is 255 g/mol. The maximum absolute atomic E-state index is 12.4. The van der Waals surface area contributed by atoms with Crippen LogP contribution >= 0.6 is 0 Å². The van der Waals surface area contributed by atoms with Crippen molar-refractivity contribution in [3.05, 3.63) is 42.1 Å². The van der Waals surface area contributed by atoms with Crippen molar-refractivity contribution in [3.63, 3.8) is 0 Å². The number of amides is 1. The van der Waals surface area contributed by atoms with Gasteiger partial charge in [-0.3, -0.25) is 9.78 Å². The summed E-state index contributed by atoms with van der Waals surface area (Å²) in [5.41, 5.74) is 7.31. The molecule has 19 heavy (non-hydrogen) atoms. The predicted molar refractivity (Wildman–Crippen MR) is 74.8 cm³/mol. The van der Waals surface area contributed by atoms with Gasteiger partial charge in [0.2, 0.25) is 0 Å². The van der Waals surface area contributed by atoms with Crippen LogP contribution in [-0.2, 0) is 0 Å². The largest absolute Gasteiger partial charge is 0.338 e. The number of carbonyl (C=O) groups excluding carboxylic acids is 1. The summed E-state index contributed by atoms with van der Waals surface area (Å²) in [4.78, 5) is 18.6. The topological polar surface area (TPSA) is 59.2 Å². The summed E-state index contributed by atoms with van der Waals surface area (Å²) < 4.78 is 0. The van der Waals surface area contributed by atoms with Gasteiger partial charge in [-0.15, -0.1) is 0 Å². The molecule has 0 bridgehead atoms. The molecule has 1 aliphatic heterocycles. The van der Waals surface area contributed by atoms with E-state index in [0.717, 1.165) is 36.0 Å². The molecule has 0 aliphatic carbocycles. The van der Waals surface area contributed by atoms with Crippen LogP contribution in [0.1, 0.15) is 16.8 Å². The minimum absolute atomic E-state index is 0.0988. The molecule has 2 N–H and O–H groups in total. The van der Waals surface area contributed by atoms with Crippen molar-refractivity contribution in [2.45, 2.75) is 6.42 Å². The number of rotatable bonds is 2. The first-order valence-corrected chi connectivity index (χ1v) is 6.62. The van der Waals surface area contributed by atoms with Crippen molar-refractivity contribution in [1.82, 2.24) is 9.88 Å². The maximum Gasteiger partial charge on any atom is 0.253 e. The molecule has 0 radical (unpaired) electrons. The Kier molecular flexibility index (Phi) is 3.17. The zero-order valence-electron chi connectivity index (χ0n) is 10.7. The van der Waals surface area contributed by atoms with Crippen molar-refractivity contribution in [3.8, 4) is 0 Å². The van der Waals surface area contributed by atoms with Crippen LogP contribution in [0.4, 0.5) is 0 Å². The molecule has 1 atom stereocenters. The molecule has 2 aromatic rings. The van der Waals surface area contributed by atoms with Gasteiger partial charge in [0.15, 0.2) is 0 Å². The number of nitrogens with two attached hydrogens (primary N) is 1. The van der Waals surface area contributed by atoms with Gasteiger partial charge in [-0.05, 0) is 43.1 Å². The van der Waals surface area contributed by atoms with E-state index in [0.29, 0.717) is 12.5 Å². The first-order valence-electron chi connectivity index (χ1n) is 6.62. The predicted octanol–water partition coefficient (Wildman–Crippen LogP) is 1.66. The summed E-state index contributed by atoms with van der Waals surface area (Å²) in [6.45, 7) is 2.25. The van der Waals surface area contributed by atoms with Crippen LogP contribution in [0.15, 0.2) is 36.5 Å². The van der Waals surface area contributed by atoms with E-state index in [1.54, 1.807) is 6.20 Å². The van der Waals surface area contributed by atoms with Crippen molar-refractivity contribution >= 4 is 16.8 Å². The Balaban J connectivity index is 1.85. The van der Waals surface area contributed by atoms with E-state index in [1.807, 2.05) is 35.2 Å². The van der Waals surface area contributed by atoms with Crippen LogP contribution in [0.2, 0.25) is 0 Å². The quantitative estimate of drug-likeness (QED) is 0.887. The first-order chi connectivity index (χ1) is 9.28. The first kappa shape index (κ1) is 12.1. The lowest BCUT2D eigenvalue weighted by Crippen LogP contribution is -2.29. The van der Waals surface area contributed by atoms with E-state index in [2.05, 4.69) is 4.98 Å². The fraction of sp³-hybridized carbons (Fsp3) is 0.333. The highest BCUT2D eigenvalue weighted by Crippen LogP contribution is 2.20. The molecule has 1 amide bonds. The summed E-state index contributed by atoms with van der Waals surface area (Å²) in [7, 11) is 0. The lowest BCUT2D eigenvalue weighted by Gasteiger charge is -2.16. The van der Waals surface area contributed by atoms with Gasteiger partial charge in [0.25, 0.3) is 5.91 Å². The molecule has 4 heteroatoms. The van der Waals surface area contributed by atoms with Gasteiger partial charge in [-0.25, -0.2) is 0 Å². The lowest BCUT2D eigenvalue weighted by molar-refractivity contribution is 0.0788. The van der Waals surface area contributed by atoms with Gasteiger partial charge in [-0.2, -0.15) is 0 Å². The molecule has 4 nitrogen and oxygen atoms in total. The molecule has 1 aromatic heterocycles. The highest BCUT2D eigenvalue weighted by molar-refractivity contribution is 5.98. The Morgan fingerprint density at radius 1 is 1.42 bits per heavy atom. The van der Waals surface area contributed by atoms with E-state index in [9.17, 15) is 4.79 Å². The Morgan fingerprint density at radius 3 is 3.11 bits per heavy atom. The van der Waals surface area contributed by atoms with E-state index >= 15 is 0 Å². The Labute approximate surface area is 112 Å². The van der Waals surface area contributed by atoms with Crippen LogP contribution in [0, 0.1) is 5.92 Å². The van der Waals surface area contributed by atoms with E-state index in [-0.39, 0.29) is 5.91 Å². The van der Waals surface area contributed by atoms with Gasteiger partial charge in [0, 0.05) is 30.2 Å². The second-order valence-corrected chi connectivity index (χ2v) is 5.05. The summed E-state index contributed by atoms with van der Waals surface area (Å²) >= 11 is 0. The summed E-state index contributed by atoms with van der Waals surface area (Å²) in [5.74, 6) is 0.549. The SMILES string of the molecule is NCC1CCN(C(=O)c2ccc3ncccc3c2)C1. The molecular formula is C15H17N3O. The second kappa shape index (κ2) is 4.97. The van der Waals surface area contributed by atoms with Gasteiger partial charge in [0.05, 0.1) is 5.52 Å². The molecule has 3 rings (SSSR count). The van der Waals surface area contributed by atoms with Crippen LogP contribution in [-0.4, -0.2) is 35.4 Å². The zero-order valence-corrected chi connectivity index (χ0v) is 10.7. The number of aromatic nitrogens is 1. The number of hydrogen-bond donors (Lipinski definition) is 1. The standard InChI is InChI=1S/C15H17N3O/c16-9-11-5-7-18(10-11)15(19)13-3-4-14-12(8-13)2-1-6-17-14/h1-4,6,8,11H,5,7,9-10,16H2. The molecule has 0 spiro atoms. The minimum Gasteiger partial charge on any atom is -0.338 e. The van der Waals surface area contributed by atoms with E-state index in [4.69, 9.17) is 5.73 Å². The molecule has 2 heterocycles. The second-order valence-electron chi connectivity index (χ2n) is 5.05. The molecule has 98 valence electrons. The van der Waals surface area contributed by atoms with E-state index < -0.39 is 0 Å². The average Bonchev–Trinajstić information content (AvgIpc) is 2.95. The number of hydrogen-bond acceptors (Lipinski definition) is 3. The third-order valence-electron chi connectivity index (χ3n) is 3.76. The number of pyridine rings is 1. The van der Waals surface area contributed by atoms with Crippen molar-refractivity contribution in [2.75, 3.05) is 19.6 Å². The number of benzene rings is 1. The maximum atomic E-state index is 12.4. The molecule has 1 unspecified atom stereocenters. The number of carbonyl (C=O) groups is 1. The number of fused-ring (bicyclic) bond motifs is 1. The zero-order chi connectivity index (χ0) is 13.2. The molecule has 1 saturated heterocycles. The lowest BCUT2D eigenvalue weighted by atomic mass is 10.1. The number of nitrogens with zero attached hydrogens (tertiary/aromatic N) is 2. The Bertz CT molecular complexity index is 611. The third kappa shape index (κ3) is 2.31. The highest BCUT2D eigenvalue weighted by Gasteiger charge is 2.25. The summed E-state index contributed by atoms with van der Waals surface area (Å²) in [6, 6.07) is 9.54. The van der Waals surface area contributed by atoms with Crippen molar-refractivity contribution in [1.29, 1.82) is 0 Å². The van der Waals surface area contributed by atoms with Crippen LogP contribution in [0.5, 0.6) is 0 Å². The summed E-state index contributed by atoms with van der Waals surface area (Å²) in [5, 5.41) is 1.00. The van der Waals surface area contributed by atoms with E-state index in [1.165, 1.54) is 0 Å². The fourth-order valence-electron chi connectivity index (χ4n) is 2.60. The third-order valence-corrected chi connectivity index (χ3v) is 3.76. The van der Waals surface area contributed by atoms with Crippen LogP contribution in [0.25, 0.3) is 10.9 Å². The van der Waals surface area contributed by atoms with Gasteiger partial charge < -0.3 is 10.6 Å². The highest BCUT2D eigenvalue weighted by atomic mass is 16.2. The molecule has 0 saturated carbocycles. The van der Waals surface area contributed by atoms with Crippen LogP contribution < -0.4 is 5.73 Å². The van der Waals surface area contributed by atoms with Gasteiger partial charge in [0.1, 0.15) is 0 Å². The smallest absolute Gasteiger partial charge is 0.253 e. The van der Waals surface area contributed by atoms with Crippen LogP contribution in [0.3, 0.4) is 0 Å². The molecule has 1 aliphatic rings. The average molecular weight is 255 g/mol. The molecule has 1 fully saturated rings. The molecule has 1 aromatic carbocycles. The molecular weight excluding hydrogens is 238 g/mol. The Morgan fingerprint density at radius 2 is 2.32 bits per heavy atom. The Hall–Kier alpha value is -1.94. The van der Waals surface area contributed by atoms with Crippen molar-refractivity contribution in [2.24, 2.45) is 11.7 Å². The van der Waals surface area contributed by atoms with Crippen molar-refractivity contribution < 1.29 is 4.79 Å². The normalized spacial score (nSPS) is 19.0. The summed E-state index contributed by atoms with van der Waals surface area (Å²) in [6.07, 6.45) is 2.77. The van der Waals surface area contributed by atoms with Gasteiger partial charge >= 0.3 is 0 Å². The number of likely N-dealkylation sites (tertiary alicyclic amines) is 1.